The summed E-state index contributed by atoms with van der Waals surface area (Å²) in [5, 5.41) is 9.07. The van der Waals surface area contributed by atoms with Crippen molar-refractivity contribution in [2.45, 2.75) is 32.2 Å². The van der Waals surface area contributed by atoms with Gasteiger partial charge in [-0.2, -0.15) is 0 Å². The molecule has 3 aromatic rings. The van der Waals surface area contributed by atoms with Gasteiger partial charge in [-0.3, -0.25) is 4.90 Å². The first-order valence-corrected chi connectivity index (χ1v) is 8.61. The molecule has 0 radical (unpaired) electrons. The highest BCUT2D eigenvalue weighted by atomic mass is 35.5. The minimum absolute atomic E-state index is 0.369. The number of benzene rings is 1. The highest BCUT2D eigenvalue weighted by Gasteiger charge is 2.25. The summed E-state index contributed by atoms with van der Waals surface area (Å²) in [6, 6.07) is 5.58. The highest BCUT2D eigenvalue weighted by Crippen LogP contribution is 2.31. The molecule has 24 heavy (non-hydrogen) atoms. The zero-order valence-corrected chi connectivity index (χ0v) is 14.6. The lowest BCUT2D eigenvalue weighted by atomic mass is 9.97. The first kappa shape index (κ1) is 15.6. The number of oxazole rings is 1. The molecule has 0 bridgehead atoms. The number of fused-ring (bicyclic) bond motifs is 1. The van der Waals surface area contributed by atoms with Gasteiger partial charge in [0.2, 0.25) is 0 Å². The van der Waals surface area contributed by atoms with E-state index in [4.69, 9.17) is 16.0 Å². The minimum atomic E-state index is 0.369. The van der Waals surface area contributed by atoms with Gasteiger partial charge in [-0.1, -0.05) is 11.6 Å². The third-order valence-corrected chi connectivity index (χ3v) is 5.09. The lowest BCUT2D eigenvalue weighted by Gasteiger charge is -2.29. The fourth-order valence-corrected chi connectivity index (χ4v) is 3.39. The quantitative estimate of drug-likeness (QED) is 0.729. The Morgan fingerprint density at radius 3 is 2.75 bits per heavy atom. The molecular weight excluding hydrogens is 326 g/mol. The van der Waals surface area contributed by atoms with E-state index in [1.807, 2.05) is 32.2 Å². The van der Waals surface area contributed by atoms with E-state index < -0.39 is 0 Å². The van der Waals surface area contributed by atoms with E-state index in [2.05, 4.69) is 24.6 Å². The predicted octanol–water partition coefficient (Wildman–Crippen LogP) is 3.30. The van der Waals surface area contributed by atoms with Gasteiger partial charge in [0.1, 0.15) is 17.2 Å². The maximum atomic E-state index is 6.02. The average molecular weight is 346 g/mol. The molecule has 1 aliphatic rings. The fraction of sp³-hybridized carbons (Fsp3) is 0.471. The van der Waals surface area contributed by atoms with Gasteiger partial charge >= 0.3 is 0 Å². The molecular formula is C17H20ClN5O. The van der Waals surface area contributed by atoms with Crippen molar-refractivity contribution in [3.8, 4) is 0 Å². The summed E-state index contributed by atoms with van der Waals surface area (Å²) < 4.78 is 7.98. The Morgan fingerprint density at radius 2 is 2.04 bits per heavy atom. The number of hydrogen-bond acceptors (Lipinski definition) is 5. The van der Waals surface area contributed by atoms with Crippen LogP contribution in [0.4, 0.5) is 0 Å². The van der Waals surface area contributed by atoms with Gasteiger partial charge in [0.25, 0.3) is 0 Å². The molecule has 0 spiro atoms. The van der Waals surface area contributed by atoms with Crippen LogP contribution in [-0.2, 0) is 13.6 Å². The molecule has 7 heteroatoms. The van der Waals surface area contributed by atoms with Crippen molar-refractivity contribution in [2.24, 2.45) is 7.05 Å². The SMILES string of the molecule is Cc1nnc(CN2CCC(c3nc4cc(Cl)ccc4o3)CC2)n1C. The topological polar surface area (TPSA) is 60.0 Å². The maximum Gasteiger partial charge on any atom is 0.198 e. The zero-order valence-electron chi connectivity index (χ0n) is 13.9. The van der Waals surface area contributed by atoms with Crippen molar-refractivity contribution in [2.75, 3.05) is 13.1 Å². The van der Waals surface area contributed by atoms with Gasteiger partial charge in [0.15, 0.2) is 11.5 Å². The Kier molecular flexibility index (Phi) is 4.02. The van der Waals surface area contributed by atoms with Crippen LogP contribution in [0.3, 0.4) is 0 Å². The zero-order chi connectivity index (χ0) is 16.7. The maximum absolute atomic E-state index is 6.02. The van der Waals surface area contributed by atoms with Gasteiger partial charge in [-0.05, 0) is 51.1 Å². The molecule has 0 atom stereocenters. The van der Waals surface area contributed by atoms with E-state index in [0.717, 1.165) is 61.1 Å². The average Bonchev–Trinajstić information content (AvgIpc) is 3.13. The summed E-state index contributed by atoms with van der Waals surface area (Å²) >= 11 is 6.02. The third kappa shape index (κ3) is 2.91. The second kappa shape index (κ2) is 6.18. The van der Waals surface area contributed by atoms with E-state index in [1.165, 1.54) is 0 Å². The summed E-state index contributed by atoms with van der Waals surface area (Å²) in [4.78, 5) is 7.04. The first-order chi connectivity index (χ1) is 11.6. The Balaban J connectivity index is 1.42. The van der Waals surface area contributed by atoms with E-state index in [9.17, 15) is 0 Å². The molecule has 1 aliphatic heterocycles. The molecule has 0 unspecified atom stereocenters. The number of likely N-dealkylation sites (tertiary alicyclic amines) is 1. The van der Waals surface area contributed by atoms with Crippen molar-refractivity contribution in [1.29, 1.82) is 0 Å². The number of aryl methyl sites for hydroxylation is 1. The molecule has 1 fully saturated rings. The molecule has 126 valence electrons. The summed E-state index contributed by atoms with van der Waals surface area (Å²) in [6.45, 7) is 4.83. The second-order valence-corrected chi connectivity index (χ2v) is 6.87. The lowest BCUT2D eigenvalue weighted by molar-refractivity contribution is 0.188. The van der Waals surface area contributed by atoms with Gasteiger partial charge in [-0.25, -0.2) is 4.98 Å². The van der Waals surface area contributed by atoms with Crippen molar-refractivity contribution >= 4 is 22.7 Å². The number of piperidine rings is 1. The largest absolute Gasteiger partial charge is 0.440 e. The van der Waals surface area contributed by atoms with Crippen molar-refractivity contribution in [3.05, 3.63) is 40.8 Å². The van der Waals surface area contributed by atoms with Crippen LogP contribution in [0, 0.1) is 6.92 Å². The number of aromatic nitrogens is 4. The Labute approximate surface area is 145 Å². The number of rotatable bonds is 3. The van der Waals surface area contributed by atoms with E-state index in [0.29, 0.717) is 10.9 Å². The Bertz CT molecular complexity index is 863. The molecule has 6 nitrogen and oxygen atoms in total. The molecule has 1 saturated heterocycles. The summed E-state index contributed by atoms with van der Waals surface area (Å²) in [5.74, 6) is 3.17. The molecule has 4 rings (SSSR count). The van der Waals surface area contributed by atoms with Crippen LogP contribution >= 0.6 is 11.6 Å². The van der Waals surface area contributed by atoms with Crippen LogP contribution in [0.25, 0.3) is 11.1 Å². The van der Waals surface area contributed by atoms with Crippen LogP contribution in [0.15, 0.2) is 22.6 Å². The first-order valence-electron chi connectivity index (χ1n) is 8.23. The predicted molar refractivity (Wildman–Crippen MR) is 92.0 cm³/mol. The molecule has 1 aromatic carbocycles. The standard InChI is InChI=1S/C17H20ClN5O/c1-11-20-21-16(22(11)2)10-23-7-5-12(6-8-23)17-19-14-9-13(18)3-4-15(14)24-17/h3-4,9,12H,5-8,10H2,1-2H3. The van der Waals surface area contributed by atoms with Crippen LogP contribution in [0.1, 0.15) is 36.3 Å². The molecule has 0 saturated carbocycles. The van der Waals surface area contributed by atoms with Crippen LogP contribution in [0.2, 0.25) is 5.02 Å². The van der Waals surface area contributed by atoms with Crippen molar-refractivity contribution in [1.82, 2.24) is 24.6 Å². The number of halogens is 1. The number of hydrogen-bond donors (Lipinski definition) is 0. The van der Waals surface area contributed by atoms with Crippen LogP contribution in [0.5, 0.6) is 0 Å². The Morgan fingerprint density at radius 1 is 1.25 bits per heavy atom. The fourth-order valence-electron chi connectivity index (χ4n) is 3.22. The van der Waals surface area contributed by atoms with Crippen LogP contribution in [-0.4, -0.2) is 37.7 Å². The molecule has 0 aliphatic carbocycles. The van der Waals surface area contributed by atoms with Crippen molar-refractivity contribution in [3.63, 3.8) is 0 Å². The van der Waals surface area contributed by atoms with E-state index >= 15 is 0 Å². The molecule has 3 heterocycles. The molecule has 2 aromatic heterocycles. The highest BCUT2D eigenvalue weighted by molar-refractivity contribution is 6.31. The van der Waals surface area contributed by atoms with Gasteiger partial charge in [0.05, 0.1) is 6.54 Å². The lowest BCUT2D eigenvalue weighted by Crippen LogP contribution is -2.33. The smallest absolute Gasteiger partial charge is 0.198 e. The summed E-state index contributed by atoms with van der Waals surface area (Å²) in [7, 11) is 2.01. The second-order valence-electron chi connectivity index (χ2n) is 6.44. The van der Waals surface area contributed by atoms with Gasteiger partial charge in [-0.15, -0.1) is 10.2 Å². The monoisotopic (exact) mass is 345 g/mol. The third-order valence-electron chi connectivity index (χ3n) is 4.85. The Hall–Kier alpha value is -1.92. The van der Waals surface area contributed by atoms with Crippen LogP contribution < -0.4 is 0 Å². The summed E-state index contributed by atoms with van der Waals surface area (Å²) in [5.41, 5.74) is 1.65. The molecule has 0 amide bonds. The number of nitrogens with zero attached hydrogens (tertiary/aromatic N) is 5. The van der Waals surface area contributed by atoms with Gasteiger partial charge < -0.3 is 8.98 Å². The molecule has 0 N–H and O–H groups in total. The summed E-state index contributed by atoms with van der Waals surface area (Å²) in [6.07, 6.45) is 2.08. The van der Waals surface area contributed by atoms with Crippen molar-refractivity contribution < 1.29 is 4.42 Å². The van der Waals surface area contributed by atoms with E-state index in [1.54, 1.807) is 0 Å². The van der Waals surface area contributed by atoms with Gasteiger partial charge in [0, 0.05) is 18.0 Å². The normalized spacial score (nSPS) is 17.0. The minimum Gasteiger partial charge on any atom is -0.440 e. The van der Waals surface area contributed by atoms with E-state index in [-0.39, 0.29) is 0 Å².